The molecule has 5 fully saturated rings. The number of aromatic nitrogens is 5. The molecule has 0 amide bonds. The number of methoxy groups -OCH3 is 1. The maximum atomic E-state index is 17.2. The van der Waals surface area contributed by atoms with Crippen LogP contribution in [0.3, 0.4) is 0 Å². The van der Waals surface area contributed by atoms with E-state index in [1.165, 1.54) is 32.8 Å². The highest BCUT2D eigenvalue weighted by atomic mass is 35.5. The van der Waals surface area contributed by atoms with Gasteiger partial charge in [0.05, 0.1) is 51.4 Å². The van der Waals surface area contributed by atoms with Crippen molar-refractivity contribution in [3.05, 3.63) is 28.7 Å². The van der Waals surface area contributed by atoms with Crippen LogP contribution in [0.25, 0.3) is 33.1 Å². The Bertz CT molecular complexity index is 1980. The number of β-amino-alcohol motifs (C(OH)–C–C–N with tert-alkyl or cyclic N) is 1. The molecule has 4 aromatic rings. The molecule has 6 heterocycles. The molecule has 14 heteroatoms. The molecule has 5 aliphatic rings. The average Bonchev–Trinajstić information content (AvgIpc) is 3.73. The molecule has 0 radical (unpaired) electrons. The number of rotatable bonds is 7. The number of aliphatic hydroxyl groups excluding tert-OH is 1. The standard InChI is InChI=1S/C38H47ClFN7O5/c1-22-26(39)14-27-25(17-41-45-27)29(22)32-31(40)33-30(35(42-32)49-2)34(46-11-13-50-19-24(48)18-46)44-36(43-33)52-21-38-8-3-6-28(38)47(10-4-9-38)23-15-37(16-23)7-5-12-51-20-37/h14,17,23-24,28,48H,3-13,15-16,18-21H2,1-2H3,(H,41,45). The molecule has 1 aromatic carbocycles. The Morgan fingerprint density at radius 2 is 1.96 bits per heavy atom. The van der Waals surface area contributed by atoms with Crippen LogP contribution in [0.2, 0.25) is 5.02 Å². The Hall–Kier alpha value is -3.36. The SMILES string of the molecule is COc1nc(-c2c(C)c(Cl)cc3[nH]ncc23)c(F)c2nc(OCC34CCCC3N(C3CC5(CCCOC5)C3)CCC4)nc(N3CCOCC(O)C3)c12. The lowest BCUT2D eigenvalue weighted by atomic mass is 9.61. The zero-order valence-corrected chi connectivity index (χ0v) is 30.7. The second-order valence-corrected chi connectivity index (χ2v) is 16.2. The molecule has 3 unspecified atom stereocenters. The average molecular weight is 736 g/mol. The Labute approximate surface area is 307 Å². The zero-order chi connectivity index (χ0) is 35.6. The van der Waals surface area contributed by atoms with Gasteiger partial charge in [0, 0.05) is 53.2 Å². The summed E-state index contributed by atoms with van der Waals surface area (Å²) in [6, 6.07) is 2.89. The number of aromatic amines is 1. The van der Waals surface area contributed by atoms with E-state index in [9.17, 15) is 5.11 Å². The third-order valence-electron chi connectivity index (χ3n) is 12.7. The van der Waals surface area contributed by atoms with Crippen molar-refractivity contribution in [1.29, 1.82) is 0 Å². The second kappa shape index (κ2) is 13.5. The number of nitrogens with one attached hydrogen (secondary N) is 1. The first-order valence-corrected chi connectivity index (χ1v) is 19.2. The number of ether oxygens (including phenoxy) is 4. The van der Waals surface area contributed by atoms with E-state index in [1.807, 2.05) is 11.8 Å². The van der Waals surface area contributed by atoms with E-state index in [-0.39, 0.29) is 41.7 Å². The molecule has 2 N–H and O–H groups in total. The van der Waals surface area contributed by atoms with Crippen LogP contribution in [-0.4, -0.2) is 113 Å². The fourth-order valence-corrected chi connectivity index (χ4v) is 10.4. The van der Waals surface area contributed by atoms with E-state index in [0.29, 0.717) is 75.5 Å². The van der Waals surface area contributed by atoms with Crippen LogP contribution >= 0.6 is 11.6 Å². The van der Waals surface area contributed by atoms with Gasteiger partial charge in [-0.15, -0.1) is 0 Å². The van der Waals surface area contributed by atoms with Crippen LogP contribution < -0.4 is 14.4 Å². The van der Waals surface area contributed by atoms with Gasteiger partial charge >= 0.3 is 6.01 Å². The van der Waals surface area contributed by atoms with Crippen LogP contribution in [0, 0.1) is 23.6 Å². The Kier molecular flexibility index (Phi) is 8.93. The normalized spacial score (nSPS) is 29.7. The number of pyridine rings is 1. The van der Waals surface area contributed by atoms with Gasteiger partial charge in [0.2, 0.25) is 5.88 Å². The summed E-state index contributed by atoms with van der Waals surface area (Å²) < 4.78 is 41.3. The first-order valence-electron chi connectivity index (χ1n) is 18.8. The predicted octanol–water partition coefficient (Wildman–Crippen LogP) is 5.85. The number of hydrogen-bond donors (Lipinski definition) is 2. The van der Waals surface area contributed by atoms with E-state index in [4.69, 9.17) is 45.5 Å². The lowest BCUT2D eigenvalue weighted by Crippen LogP contribution is -2.61. The van der Waals surface area contributed by atoms with Crippen molar-refractivity contribution in [2.45, 2.75) is 82.9 Å². The van der Waals surface area contributed by atoms with Crippen molar-refractivity contribution in [2.24, 2.45) is 10.8 Å². The van der Waals surface area contributed by atoms with Gasteiger partial charge < -0.3 is 29.0 Å². The predicted molar refractivity (Wildman–Crippen MR) is 195 cm³/mol. The first-order chi connectivity index (χ1) is 25.3. The molecule has 2 saturated carbocycles. The van der Waals surface area contributed by atoms with Gasteiger partial charge in [0.15, 0.2) is 5.82 Å². The van der Waals surface area contributed by atoms with Gasteiger partial charge in [-0.3, -0.25) is 10.00 Å². The molecule has 278 valence electrons. The third kappa shape index (κ3) is 5.78. The van der Waals surface area contributed by atoms with E-state index in [1.54, 1.807) is 12.3 Å². The van der Waals surface area contributed by atoms with Crippen molar-refractivity contribution in [3.63, 3.8) is 0 Å². The molecule has 52 heavy (non-hydrogen) atoms. The van der Waals surface area contributed by atoms with Gasteiger partial charge in [-0.1, -0.05) is 18.0 Å². The monoisotopic (exact) mass is 735 g/mol. The van der Waals surface area contributed by atoms with Crippen molar-refractivity contribution >= 4 is 39.2 Å². The van der Waals surface area contributed by atoms with Crippen LogP contribution in [0.1, 0.15) is 63.4 Å². The summed E-state index contributed by atoms with van der Waals surface area (Å²) in [5.41, 5.74) is 2.23. The molecular weight excluding hydrogens is 689 g/mol. The quantitative estimate of drug-likeness (QED) is 0.237. The van der Waals surface area contributed by atoms with Crippen LogP contribution in [0.4, 0.5) is 10.2 Å². The highest BCUT2D eigenvalue weighted by Gasteiger charge is 2.55. The largest absolute Gasteiger partial charge is 0.480 e. The van der Waals surface area contributed by atoms with E-state index < -0.39 is 11.9 Å². The minimum atomic E-state index is -0.763. The summed E-state index contributed by atoms with van der Waals surface area (Å²) in [5.74, 6) is -0.103. The fourth-order valence-electron chi connectivity index (χ4n) is 10.2. The second-order valence-electron chi connectivity index (χ2n) is 15.8. The van der Waals surface area contributed by atoms with Gasteiger partial charge in [-0.2, -0.15) is 15.1 Å². The highest BCUT2D eigenvalue weighted by Crippen LogP contribution is 2.55. The maximum Gasteiger partial charge on any atom is 0.319 e. The summed E-state index contributed by atoms with van der Waals surface area (Å²) in [5, 5.41) is 19.3. The topological polar surface area (TPSA) is 131 Å². The van der Waals surface area contributed by atoms with E-state index >= 15 is 4.39 Å². The lowest BCUT2D eigenvalue weighted by Gasteiger charge is -2.58. The van der Waals surface area contributed by atoms with Gasteiger partial charge in [0.1, 0.15) is 22.4 Å². The number of H-pyrrole nitrogens is 1. The summed E-state index contributed by atoms with van der Waals surface area (Å²) >= 11 is 6.64. The minimum absolute atomic E-state index is 0.0257. The molecule has 1 spiro atoms. The molecule has 0 bridgehead atoms. The number of hydrogen-bond acceptors (Lipinski definition) is 11. The molecule has 9 rings (SSSR count). The van der Waals surface area contributed by atoms with Crippen LogP contribution in [0.15, 0.2) is 12.3 Å². The summed E-state index contributed by atoms with van der Waals surface area (Å²) in [7, 11) is 1.50. The number of piperidine rings is 1. The van der Waals surface area contributed by atoms with Crippen molar-refractivity contribution in [1.82, 2.24) is 30.0 Å². The molecule has 3 aliphatic heterocycles. The van der Waals surface area contributed by atoms with Crippen molar-refractivity contribution in [3.8, 4) is 23.1 Å². The molecule has 3 aromatic heterocycles. The third-order valence-corrected chi connectivity index (χ3v) is 13.1. The van der Waals surface area contributed by atoms with Gasteiger partial charge in [-0.05, 0) is 81.9 Å². The Morgan fingerprint density at radius 3 is 2.79 bits per heavy atom. The number of benzene rings is 1. The maximum absolute atomic E-state index is 17.2. The smallest absolute Gasteiger partial charge is 0.319 e. The summed E-state index contributed by atoms with van der Waals surface area (Å²) in [6.45, 7) is 6.42. The number of fused-ring (bicyclic) bond motifs is 3. The molecule has 12 nitrogen and oxygen atoms in total. The van der Waals surface area contributed by atoms with Crippen molar-refractivity contribution < 1.29 is 28.4 Å². The number of halogens is 2. The number of aliphatic hydroxyl groups is 1. The molecule has 3 atom stereocenters. The van der Waals surface area contributed by atoms with E-state index in [2.05, 4.69) is 15.1 Å². The molecule has 2 aliphatic carbocycles. The van der Waals surface area contributed by atoms with Crippen molar-refractivity contribution in [2.75, 3.05) is 64.7 Å². The number of nitrogens with zero attached hydrogens (tertiary/aromatic N) is 6. The minimum Gasteiger partial charge on any atom is -0.480 e. The van der Waals surface area contributed by atoms with Gasteiger partial charge in [0.25, 0.3) is 0 Å². The highest BCUT2D eigenvalue weighted by molar-refractivity contribution is 6.33. The first kappa shape index (κ1) is 34.4. The van der Waals surface area contributed by atoms with Crippen LogP contribution in [-0.2, 0) is 9.47 Å². The van der Waals surface area contributed by atoms with Gasteiger partial charge in [-0.25, -0.2) is 9.37 Å². The summed E-state index contributed by atoms with van der Waals surface area (Å²) in [6.07, 6.45) is 11.4. The Balaban J connectivity index is 1.10. The number of anilines is 1. The fraction of sp³-hybridized carbons (Fsp3) is 0.632. The summed E-state index contributed by atoms with van der Waals surface area (Å²) in [4.78, 5) is 19.1. The molecular formula is C38H47ClFN7O5. The van der Waals surface area contributed by atoms with Crippen LogP contribution in [0.5, 0.6) is 11.9 Å². The Morgan fingerprint density at radius 1 is 1.10 bits per heavy atom. The van der Waals surface area contributed by atoms with E-state index in [0.717, 1.165) is 51.9 Å². The number of likely N-dealkylation sites (tertiary alicyclic amines) is 1. The molecule has 3 saturated heterocycles. The lowest BCUT2D eigenvalue weighted by molar-refractivity contribution is -0.125. The zero-order valence-electron chi connectivity index (χ0n) is 29.9.